The standard InChI is InChI=1S/C24H22N2O5/c1-25-24(29)26-22(27)21(18-11-6-3-7-12-18)31-23(28)19-13-8-14-20(15-19)30-16-17-9-4-2-5-10-17/h2-15,21H,16H2,1H3,(H2,25,26,27,29)/t21-/m0/s1. The molecule has 0 bridgehead atoms. The zero-order valence-corrected chi connectivity index (χ0v) is 16.9. The molecule has 158 valence electrons. The van der Waals surface area contributed by atoms with Gasteiger partial charge in [0.05, 0.1) is 5.56 Å². The Hall–Kier alpha value is -4.13. The van der Waals surface area contributed by atoms with E-state index in [0.29, 0.717) is 17.9 Å². The number of amides is 3. The van der Waals surface area contributed by atoms with Gasteiger partial charge in [-0.25, -0.2) is 9.59 Å². The van der Waals surface area contributed by atoms with Crippen LogP contribution in [0.1, 0.15) is 27.6 Å². The molecule has 0 fully saturated rings. The van der Waals surface area contributed by atoms with Gasteiger partial charge in [0, 0.05) is 12.6 Å². The summed E-state index contributed by atoms with van der Waals surface area (Å²) in [4.78, 5) is 36.8. The molecular formula is C24H22N2O5. The zero-order valence-electron chi connectivity index (χ0n) is 16.9. The van der Waals surface area contributed by atoms with E-state index in [1.54, 1.807) is 54.6 Å². The molecule has 3 aromatic carbocycles. The second-order valence-electron chi connectivity index (χ2n) is 6.57. The van der Waals surface area contributed by atoms with Gasteiger partial charge in [-0.3, -0.25) is 10.1 Å². The number of rotatable bonds is 7. The van der Waals surface area contributed by atoms with Crippen LogP contribution in [0, 0.1) is 0 Å². The van der Waals surface area contributed by atoms with Gasteiger partial charge in [0.25, 0.3) is 5.91 Å². The lowest BCUT2D eigenvalue weighted by atomic mass is 10.1. The van der Waals surface area contributed by atoms with E-state index in [4.69, 9.17) is 9.47 Å². The number of esters is 1. The van der Waals surface area contributed by atoms with Gasteiger partial charge in [-0.2, -0.15) is 0 Å². The van der Waals surface area contributed by atoms with Crippen molar-refractivity contribution in [3.8, 4) is 5.75 Å². The fraction of sp³-hybridized carbons (Fsp3) is 0.125. The number of nitrogens with one attached hydrogen (secondary N) is 2. The SMILES string of the molecule is CNC(=O)NC(=O)[C@@H](OC(=O)c1cccc(OCc2ccccc2)c1)c1ccccc1. The molecule has 0 aliphatic rings. The lowest BCUT2D eigenvalue weighted by molar-refractivity contribution is -0.129. The van der Waals surface area contributed by atoms with Crippen molar-refractivity contribution in [2.75, 3.05) is 7.05 Å². The van der Waals surface area contributed by atoms with Gasteiger partial charge >= 0.3 is 12.0 Å². The van der Waals surface area contributed by atoms with Gasteiger partial charge in [0.15, 0.2) is 0 Å². The quantitative estimate of drug-likeness (QED) is 0.572. The highest BCUT2D eigenvalue weighted by atomic mass is 16.5. The Kier molecular flexibility index (Phi) is 7.37. The van der Waals surface area contributed by atoms with E-state index in [1.165, 1.54) is 7.05 Å². The van der Waals surface area contributed by atoms with Crippen molar-refractivity contribution in [1.82, 2.24) is 10.6 Å². The lowest BCUT2D eigenvalue weighted by Gasteiger charge is -2.17. The normalized spacial score (nSPS) is 11.1. The van der Waals surface area contributed by atoms with Crippen molar-refractivity contribution >= 4 is 17.9 Å². The average molecular weight is 418 g/mol. The van der Waals surface area contributed by atoms with Crippen LogP contribution in [0.2, 0.25) is 0 Å². The van der Waals surface area contributed by atoms with Gasteiger partial charge < -0.3 is 14.8 Å². The van der Waals surface area contributed by atoms with E-state index in [1.807, 2.05) is 30.3 Å². The van der Waals surface area contributed by atoms with Crippen molar-refractivity contribution in [1.29, 1.82) is 0 Å². The molecule has 0 heterocycles. The average Bonchev–Trinajstić information content (AvgIpc) is 2.82. The largest absolute Gasteiger partial charge is 0.489 e. The summed E-state index contributed by atoms with van der Waals surface area (Å²) in [7, 11) is 1.38. The van der Waals surface area contributed by atoms with Crippen molar-refractivity contribution in [3.05, 3.63) is 102 Å². The zero-order chi connectivity index (χ0) is 22.1. The molecule has 0 aromatic heterocycles. The summed E-state index contributed by atoms with van der Waals surface area (Å²) >= 11 is 0. The molecular weight excluding hydrogens is 396 g/mol. The Morgan fingerprint density at radius 1 is 0.871 bits per heavy atom. The molecule has 2 N–H and O–H groups in total. The smallest absolute Gasteiger partial charge is 0.339 e. The second kappa shape index (κ2) is 10.6. The Bertz CT molecular complexity index is 1040. The molecule has 3 rings (SSSR count). The van der Waals surface area contributed by atoms with E-state index in [-0.39, 0.29) is 5.56 Å². The first-order valence-electron chi connectivity index (χ1n) is 9.62. The van der Waals surface area contributed by atoms with Gasteiger partial charge in [0.2, 0.25) is 6.10 Å². The predicted molar refractivity (Wildman–Crippen MR) is 114 cm³/mol. The van der Waals surface area contributed by atoms with E-state index in [9.17, 15) is 14.4 Å². The molecule has 3 aromatic rings. The number of urea groups is 1. The van der Waals surface area contributed by atoms with Crippen LogP contribution in [0.3, 0.4) is 0 Å². The minimum Gasteiger partial charge on any atom is -0.489 e. The van der Waals surface area contributed by atoms with Crippen molar-refractivity contribution in [2.24, 2.45) is 0 Å². The third-order valence-electron chi connectivity index (χ3n) is 4.35. The lowest BCUT2D eigenvalue weighted by Crippen LogP contribution is -2.41. The third kappa shape index (κ3) is 6.17. The van der Waals surface area contributed by atoms with Crippen LogP contribution < -0.4 is 15.4 Å². The number of carbonyl (C=O) groups excluding carboxylic acids is 3. The fourth-order valence-corrected chi connectivity index (χ4v) is 2.77. The number of carbonyl (C=O) groups is 3. The monoisotopic (exact) mass is 418 g/mol. The highest BCUT2D eigenvalue weighted by Crippen LogP contribution is 2.22. The third-order valence-corrected chi connectivity index (χ3v) is 4.35. The minimum absolute atomic E-state index is 0.222. The Balaban J connectivity index is 1.73. The maximum atomic E-state index is 12.8. The van der Waals surface area contributed by atoms with Crippen LogP contribution in [0.5, 0.6) is 5.75 Å². The Morgan fingerprint density at radius 3 is 2.23 bits per heavy atom. The summed E-state index contributed by atoms with van der Waals surface area (Å²) in [5.74, 6) is -0.981. The molecule has 0 aliphatic carbocycles. The Morgan fingerprint density at radius 2 is 1.55 bits per heavy atom. The molecule has 7 nitrogen and oxygen atoms in total. The van der Waals surface area contributed by atoms with Gasteiger partial charge in [-0.1, -0.05) is 66.7 Å². The van der Waals surface area contributed by atoms with Gasteiger partial charge in [-0.05, 0) is 23.8 Å². The van der Waals surface area contributed by atoms with Crippen LogP contribution in [-0.2, 0) is 16.1 Å². The number of hydrogen-bond acceptors (Lipinski definition) is 5. The Labute approximate surface area is 180 Å². The summed E-state index contributed by atoms with van der Waals surface area (Å²) in [5, 5.41) is 4.44. The van der Waals surface area contributed by atoms with Crippen molar-refractivity contribution in [3.63, 3.8) is 0 Å². The second-order valence-corrected chi connectivity index (χ2v) is 6.57. The molecule has 3 amide bonds. The number of hydrogen-bond donors (Lipinski definition) is 2. The number of ether oxygens (including phenoxy) is 2. The van der Waals surface area contributed by atoms with Crippen LogP contribution in [0.15, 0.2) is 84.9 Å². The first kappa shape index (κ1) is 21.6. The highest BCUT2D eigenvalue weighted by molar-refractivity contribution is 5.99. The first-order valence-corrected chi connectivity index (χ1v) is 9.62. The summed E-state index contributed by atoms with van der Waals surface area (Å²) in [6.07, 6.45) is -1.29. The van der Waals surface area contributed by atoms with E-state index in [0.717, 1.165) is 5.56 Å². The number of benzene rings is 3. The molecule has 31 heavy (non-hydrogen) atoms. The van der Waals surface area contributed by atoms with Gasteiger partial charge in [-0.15, -0.1) is 0 Å². The van der Waals surface area contributed by atoms with Crippen LogP contribution in [-0.4, -0.2) is 25.0 Å². The van der Waals surface area contributed by atoms with Crippen LogP contribution in [0.4, 0.5) is 4.79 Å². The molecule has 1 atom stereocenters. The molecule has 0 saturated heterocycles. The summed E-state index contributed by atoms with van der Waals surface area (Å²) in [5.41, 5.74) is 1.65. The summed E-state index contributed by atoms with van der Waals surface area (Å²) < 4.78 is 11.2. The summed E-state index contributed by atoms with van der Waals surface area (Å²) in [6.45, 7) is 0.348. The van der Waals surface area contributed by atoms with Crippen molar-refractivity contribution in [2.45, 2.75) is 12.7 Å². The van der Waals surface area contributed by atoms with E-state index >= 15 is 0 Å². The van der Waals surface area contributed by atoms with Crippen molar-refractivity contribution < 1.29 is 23.9 Å². The molecule has 0 unspecified atom stereocenters. The topological polar surface area (TPSA) is 93.7 Å². The highest BCUT2D eigenvalue weighted by Gasteiger charge is 2.27. The molecule has 7 heteroatoms. The van der Waals surface area contributed by atoms with E-state index < -0.39 is 24.0 Å². The molecule has 0 radical (unpaired) electrons. The fourth-order valence-electron chi connectivity index (χ4n) is 2.77. The van der Waals surface area contributed by atoms with Crippen LogP contribution in [0.25, 0.3) is 0 Å². The number of imide groups is 1. The summed E-state index contributed by atoms with van der Waals surface area (Å²) in [6, 6.07) is 23.9. The van der Waals surface area contributed by atoms with Gasteiger partial charge in [0.1, 0.15) is 12.4 Å². The molecule has 0 saturated carbocycles. The molecule has 0 aliphatic heterocycles. The molecule has 0 spiro atoms. The maximum absolute atomic E-state index is 12.8. The van der Waals surface area contributed by atoms with Crippen LogP contribution >= 0.6 is 0 Å². The first-order chi connectivity index (χ1) is 15.1. The van der Waals surface area contributed by atoms with E-state index in [2.05, 4.69) is 10.6 Å². The maximum Gasteiger partial charge on any atom is 0.339 e. The predicted octanol–water partition coefficient (Wildman–Crippen LogP) is 3.62. The minimum atomic E-state index is -1.29.